The molecule has 1 unspecified atom stereocenters. The molecular formula is C22H22Cl2FN3O4. The van der Waals surface area contributed by atoms with Gasteiger partial charge in [0.25, 0.3) is 5.91 Å². The topological polar surface area (TPSA) is 89.6 Å². The van der Waals surface area contributed by atoms with E-state index in [2.05, 4.69) is 15.6 Å². The average molecular weight is 482 g/mol. The Morgan fingerprint density at radius 2 is 1.88 bits per heavy atom. The number of carbonyl (C=O) groups excluding carboxylic acids is 2. The maximum absolute atomic E-state index is 12.8. The van der Waals surface area contributed by atoms with Crippen molar-refractivity contribution in [1.29, 1.82) is 0 Å². The number of alkyl halides is 1. The molecular weight excluding hydrogens is 460 g/mol. The standard InChI is InChI=1S/C22H22Cl2FN3O4/c1-13(25)32-16-3-2-14(26-8-16)7-27-20(30)21-10-22(11-21,12-21)28-19(29)9-31-15-4-5-17(23)18(24)6-15/h2-6,8,13H,7,9-12H2,1H3,(H,27,30)(H,28,29). The number of carbonyl (C=O) groups is 2. The zero-order chi connectivity index (χ0) is 22.9. The van der Waals surface area contributed by atoms with E-state index in [-0.39, 0.29) is 30.5 Å². The molecule has 2 amide bonds. The molecule has 2 aromatic rings. The molecule has 1 aromatic heterocycles. The SMILES string of the molecule is CC(F)Oc1ccc(CNC(=O)C23CC(NC(=O)COc4ccc(Cl)c(Cl)c4)(C2)C3)nc1. The molecule has 5 rings (SSSR count). The van der Waals surface area contributed by atoms with Gasteiger partial charge in [0.1, 0.15) is 11.5 Å². The van der Waals surface area contributed by atoms with E-state index in [1.54, 1.807) is 30.3 Å². The monoisotopic (exact) mass is 481 g/mol. The van der Waals surface area contributed by atoms with Gasteiger partial charge in [-0.25, -0.2) is 4.39 Å². The van der Waals surface area contributed by atoms with Gasteiger partial charge in [0.2, 0.25) is 12.3 Å². The van der Waals surface area contributed by atoms with Crippen molar-refractivity contribution in [2.24, 2.45) is 5.41 Å². The third-order valence-electron chi connectivity index (χ3n) is 5.70. The van der Waals surface area contributed by atoms with Gasteiger partial charge in [-0.1, -0.05) is 23.2 Å². The van der Waals surface area contributed by atoms with Gasteiger partial charge < -0.3 is 20.1 Å². The second-order valence-corrected chi connectivity index (χ2v) is 9.15. The Bertz CT molecular complexity index is 1010. The molecule has 1 atom stereocenters. The van der Waals surface area contributed by atoms with Crippen molar-refractivity contribution < 1.29 is 23.5 Å². The first-order valence-electron chi connectivity index (χ1n) is 10.1. The Balaban J connectivity index is 1.19. The molecule has 7 nitrogen and oxygen atoms in total. The van der Waals surface area contributed by atoms with E-state index in [0.29, 0.717) is 46.5 Å². The molecule has 1 heterocycles. The smallest absolute Gasteiger partial charge is 0.258 e. The lowest BCUT2D eigenvalue weighted by Crippen LogP contribution is -2.78. The van der Waals surface area contributed by atoms with Crippen LogP contribution < -0.4 is 20.1 Å². The normalized spacial score (nSPS) is 23.9. The minimum Gasteiger partial charge on any atom is -0.484 e. The van der Waals surface area contributed by atoms with Crippen LogP contribution >= 0.6 is 23.2 Å². The third-order valence-corrected chi connectivity index (χ3v) is 6.44. The van der Waals surface area contributed by atoms with Crippen LogP contribution in [0.2, 0.25) is 10.0 Å². The van der Waals surface area contributed by atoms with E-state index in [1.165, 1.54) is 13.1 Å². The van der Waals surface area contributed by atoms with Crippen LogP contribution in [0.5, 0.6) is 11.5 Å². The first-order valence-corrected chi connectivity index (χ1v) is 10.9. The Morgan fingerprint density at radius 1 is 1.16 bits per heavy atom. The van der Waals surface area contributed by atoms with Crippen LogP contribution in [0.25, 0.3) is 0 Å². The zero-order valence-corrected chi connectivity index (χ0v) is 18.8. The fourth-order valence-corrected chi connectivity index (χ4v) is 4.63. The van der Waals surface area contributed by atoms with Crippen LogP contribution in [0.15, 0.2) is 36.5 Å². The number of ether oxygens (including phenoxy) is 2. The Hall–Kier alpha value is -2.58. The number of benzene rings is 1. The van der Waals surface area contributed by atoms with E-state index in [4.69, 9.17) is 32.7 Å². The number of pyridine rings is 1. The second kappa shape index (κ2) is 8.75. The summed E-state index contributed by atoms with van der Waals surface area (Å²) in [6.07, 6.45) is 1.79. The van der Waals surface area contributed by atoms with E-state index in [1.807, 2.05) is 0 Å². The maximum atomic E-state index is 12.8. The Labute approximate surface area is 194 Å². The van der Waals surface area contributed by atoms with Crippen LogP contribution in [-0.2, 0) is 16.1 Å². The number of aromatic nitrogens is 1. The molecule has 1 aromatic carbocycles. The Kier molecular flexibility index (Phi) is 6.18. The quantitative estimate of drug-likeness (QED) is 0.568. The molecule has 0 spiro atoms. The molecule has 2 bridgehead atoms. The average Bonchev–Trinajstić information content (AvgIpc) is 2.69. The highest BCUT2D eigenvalue weighted by atomic mass is 35.5. The van der Waals surface area contributed by atoms with E-state index >= 15 is 0 Å². The van der Waals surface area contributed by atoms with Crippen LogP contribution in [0.1, 0.15) is 31.9 Å². The third kappa shape index (κ3) is 4.76. The van der Waals surface area contributed by atoms with Crippen molar-refractivity contribution >= 4 is 35.0 Å². The molecule has 3 saturated carbocycles. The van der Waals surface area contributed by atoms with Crippen molar-refractivity contribution in [1.82, 2.24) is 15.6 Å². The van der Waals surface area contributed by atoms with Gasteiger partial charge in [-0.15, -0.1) is 0 Å². The highest BCUT2D eigenvalue weighted by Gasteiger charge is 2.72. The number of hydrogen-bond acceptors (Lipinski definition) is 5. The zero-order valence-electron chi connectivity index (χ0n) is 17.3. The number of nitrogens with zero attached hydrogens (tertiary/aromatic N) is 1. The van der Waals surface area contributed by atoms with Crippen molar-refractivity contribution in [3.05, 3.63) is 52.3 Å². The maximum Gasteiger partial charge on any atom is 0.258 e. The lowest BCUT2D eigenvalue weighted by Gasteiger charge is -2.69. The fourth-order valence-electron chi connectivity index (χ4n) is 4.34. The van der Waals surface area contributed by atoms with Gasteiger partial charge in [0, 0.05) is 18.5 Å². The summed E-state index contributed by atoms with van der Waals surface area (Å²) in [6.45, 7) is 1.41. The highest BCUT2D eigenvalue weighted by molar-refractivity contribution is 6.42. The Morgan fingerprint density at radius 3 is 2.50 bits per heavy atom. The van der Waals surface area contributed by atoms with E-state index in [9.17, 15) is 14.0 Å². The summed E-state index contributed by atoms with van der Waals surface area (Å²) >= 11 is 11.8. The summed E-state index contributed by atoms with van der Waals surface area (Å²) in [6, 6.07) is 8.07. The van der Waals surface area contributed by atoms with E-state index in [0.717, 1.165) is 0 Å². The van der Waals surface area contributed by atoms with Crippen molar-refractivity contribution in [3.8, 4) is 11.5 Å². The predicted molar refractivity (Wildman–Crippen MR) is 116 cm³/mol. The highest BCUT2D eigenvalue weighted by Crippen LogP contribution is 2.67. The molecule has 0 aliphatic heterocycles. The number of nitrogens with one attached hydrogen (secondary N) is 2. The fraction of sp³-hybridized carbons (Fsp3) is 0.409. The minimum atomic E-state index is -1.41. The molecule has 3 fully saturated rings. The summed E-state index contributed by atoms with van der Waals surface area (Å²) < 4.78 is 23.2. The first kappa shape index (κ1) is 22.6. The lowest BCUT2D eigenvalue weighted by molar-refractivity contribution is -0.184. The molecule has 0 radical (unpaired) electrons. The van der Waals surface area contributed by atoms with Crippen LogP contribution in [0, 0.1) is 5.41 Å². The van der Waals surface area contributed by atoms with Gasteiger partial charge in [0.05, 0.1) is 33.9 Å². The summed E-state index contributed by atoms with van der Waals surface area (Å²) in [7, 11) is 0. The van der Waals surface area contributed by atoms with Gasteiger partial charge in [-0.2, -0.15) is 0 Å². The van der Waals surface area contributed by atoms with Gasteiger partial charge in [0.15, 0.2) is 6.61 Å². The van der Waals surface area contributed by atoms with E-state index < -0.39 is 11.8 Å². The summed E-state index contributed by atoms with van der Waals surface area (Å²) in [5.41, 5.74) is -0.133. The van der Waals surface area contributed by atoms with Crippen LogP contribution in [0.4, 0.5) is 4.39 Å². The van der Waals surface area contributed by atoms with Crippen molar-refractivity contribution in [2.45, 2.75) is 44.6 Å². The second-order valence-electron chi connectivity index (χ2n) is 8.33. The number of rotatable bonds is 9. The number of hydrogen-bond donors (Lipinski definition) is 2. The van der Waals surface area contributed by atoms with Crippen LogP contribution in [-0.4, -0.2) is 35.3 Å². The van der Waals surface area contributed by atoms with Crippen molar-refractivity contribution in [3.63, 3.8) is 0 Å². The van der Waals surface area contributed by atoms with Crippen LogP contribution in [0.3, 0.4) is 0 Å². The molecule has 3 aliphatic carbocycles. The summed E-state index contributed by atoms with van der Waals surface area (Å²) in [4.78, 5) is 29.0. The molecule has 3 aliphatic rings. The molecule has 0 saturated heterocycles. The summed E-state index contributed by atoms with van der Waals surface area (Å²) in [5.74, 6) is 0.477. The minimum absolute atomic E-state index is 0.0554. The van der Waals surface area contributed by atoms with Crippen molar-refractivity contribution in [2.75, 3.05) is 6.61 Å². The molecule has 10 heteroatoms. The largest absolute Gasteiger partial charge is 0.484 e. The first-order chi connectivity index (χ1) is 15.2. The molecule has 2 N–H and O–H groups in total. The number of amides is 2. The predicted octanol–water partition coefficient (Wildman–Crippen LogP) is 3.82. The lowest BCUT2D eigenvalue weighted by atomic mass is 9.39. The van der Waals surface area contributed by atoms with Gasteiger partial charge in [-0.05, 0) is 43.5 Å². The number of halogens is 3. The molecule has 32 heavy (non-hydrogen) atoms. The van der Waals surface area contributed by atoms with Gasteiger partial charge >= 0.3 is 0 Å². The molecule has 170 valence electrons. The summed E-state index contributed by atoms with van der Waals surface area (Å²) in [5, 5.41) is 6.62. The van der Waals surface area contributed by atoms with Gasteiger partial charge in [-0.3, -0.25) is 14.6 Å².